The highest BCUT2D eigenvalue weighted by Crippen LogP contribution is 2.51. The number of amidine groups is 1. The van der Waals surface area contributed by atoms with E-state index < -0.39 is 5.92 Å². The second kappa shape index (κ2) is 5.79. The molecule has 7 nitrogen and oxygen atoms in total. The first-order valence-electron chi connectivity index (χ1n) is 8.80. The predicted octanol–water partition coefficient (Wildman–Crippen LogP) is 3.72. The van der Waals surface area contributed by atoms with Gasteiger partial charge in [-0.2, -0.15) is 5.26 Å². The van der Waals surface area contributed by atoms with Crippen molar-refractivity contribution in [2.24, 2.45) is 0 Å². The highest BCUT2D eigenvalue weighted by atomic mass is 16.5. The minimum atomic E-state index is -0.400. The molecule has 3 heterocycles. The van der Waals surface area contributed by atoms with Crippen LogP contribution in [0.15, 0.2) is 65.3 Å². The molecule has 0 amide bonds. The van der Waals surface area contributed by atoms with Crippen LogP contribution in [0.1, 0.15) is 11.5 Å². The van der Waals surface area contributed by atoms with Crippen LogP contribution in [0, 0.1) is 16.7 Å². The van der Waals surface area contributed by atoms with Crippen LogP contribution in [-0.2, 0) is 4.74 Å². The molecule has 7 heteroatoms. The second-order valence-corrected chi connectivity index (χ2v) is 6.66. The van der Waals surface area contributed by atoms with Crippen LogP contribution in [-0.4, -0.2) is 20.1 Å². The quantitative estimate of drug-likeness (QED) is 0.745. The van der Waals surface area contributed by atoms with Crippen molar-refractivity contribution in [2.75, 3.05) is 29.8 Å². The van der Waals surface area contributed by atoms with Crippen LogP contribution < -0.4 is 20.3 Å². The van der Waals surface area contributed by atoms with Crippen molar-refractivity contribution < 1.29 is 9.47 Å². The van der Waals surface area contributed by atoms with Gasteiger partial charge in [-0.3, -0.25) is 10.3 Å². The maximum Gasteiger partial charge on any atom is 0.198 e. The number of allylic oxidation sites excluding steroid dienone is 1. The van der Waals surface area contributed by atoms with Crippen molar-refractivity contribution >= 4 is 22.9 Å². The molecule has 0 aromatic heterocycles. The normalized spacial score (nSPS) is 19.0. The third-order valence-corrected chi connectivity index (χ3v) is 5.32. The molecule has 138 valence electrons. The minimum absolute atomic E-state index is 0.280. The first-order valence-corrected chi connectivity index (χ1v) is 8.80. The van der Waals surface area contributed by atoms with Crippen LogP contribution in [0.4, 0.5) is 17.1 Å². The summed E-state index contributed by atoms with van der Waals surface area (Å²) in [6.45, 7) is 0. The molecule has 0 radical (unpaired) electrons. The lowest BCUT2D eigenvalue weighted by atomic mass is 9.79. The van der Waals surface area contributed by atoms with Gasteiger partial charge in [0, 0.05) is 11.8 Å². The van der Waals surface area contributed by atoms with Crippen LogP contribution in [0.2, 0.25) is 0 Å². The molecule has 0 fully saturated rings. The zero-order chi connectivity index (χ0) is 19.4. The number of nitriles is 1. The van der Waals surface area contributed by atoms with E-state index in [0.29, 0.717) is 28.6 Å². The number of fused-ring (bicyclic) bond motifs is 6. The van der Waals surface area contributed by atoms with E-state index in [-0.39, 0.29) is 5.84 Å². The van der Waals surface area contributed by atoms with Gasteiger partial charge in [0.2, 0.25) is 0 Å². The summed E-state index contributed by atoms with van der Waals surface area (Å²) in [4.78, 5) is 1.77. The predicted molar refractivity (Wildman–Crippen MR) is 106 cm³/mol. The number of ether oxygens (including phenoxy) is 2. The van der Waals surface area contributed by atoms with E-state index in [1.807, 2.05) is 42.5 Å². The highest BCUT2D eigenvalue weighted by Gasteiger charge is 2.45. The van der Waals surface area contributed by atoms with Crippen molar-refractivity contribution in [3.63, 3.8) is 0 Å². The minimum Gasteiger partial charge on any atom is -0.497 e. The molecule has 28 heavy (non-hydrogen) atoms. The molecular formula is C21H17N5O2. The number of anilines is 3. The fourth-order valence-corrected chi connectivity index (χ4v) is 4.08. The maximum absolute atomic E-state index is 10.1. The van der Waals surface area contributed by atoms with Crippen LogP contribution in [0.5, 0.6) is 5.75 Å². The summed E-state index contributed by atoms with van der Waals surface area (Å²) in [6, 6.07) is 15.8. The Bertz CT molecular complexity index is 1140. The number of methoxy groups -OCH3 is 2. The number of rotatable bonds is 2. The first-order chi connectivity index (χ1) is 13.7. The molecule has 0 bridgehead atoms. The molecule has 5 rings (SSSR count). The third-order valence-electron chi connectivity index (χ3n) is 5.32. The van der Waals surface area contributed by atoms with Gasteiger partial charge in [0.15, 0.2) is 5.88 Å². The Kier molecular flexibility index (Phi) is 3.36. The van der Waals surface area contributed by atoms with Crippen LogP contribution in [0.25, 0.3) is 0 Å². The average molecular weight is 371 g/mol. The van der Waals surface area contributed by atoms with Gasteiger partial charge in [-0.1, -0.05) is 18.2 Å². The van der Waals surface area contributed by atoms with Crippen LogP contribution in [0.3, 0.4) is 0 Å². The smallest absolute Gasteiger partial charge is 0.198 e. The number of para-hydroxylation sites is 2. The Morgan fingerprint density at radius 2 is 1.89 bits per heavy atom. The molecule has 0 saturated heterocycles. The number of nitrogens with zero attached hydrogens (tertiary/aromatic N) is 2. The Hall–Kier alpha value is -3.92. The summed E-state index contributed by atoms with van der Waals surface area (Å²) in [5.41, 5.74) is 4.61. The summed E-state index contributed by atoms with van der Waals surface area (Å²) >= 11 is 0. The molecular weight excluding hydrogens is 354 g/mol. The summed E-state index contributed by atoms with van der Waals surface area (Å²) < 4.78 is 10.9. The molecule has 0 saturated carbocycles. The van der Waals surface area contributed by atoms with Crippen molar-refractivity contribution in [1.29, 1.82) is 10.7 Å². The number of hydrogen-bond donors (Lipinski definition) is 3. The zero-order valence-corrected chi connectivity index (χ0v) is 15.3. The molecule has 2 aromatic carbocycles. The molecule has 3 aliphatic rings. The molecule has 1 unspecified atom stereocenters. The standard InChI is InChI=1S/C21H17N5O2/c1-27-11-7-8-12-15(9-11)25-21(28-2)18-17(12)13(10-22)20-24-14-5-3-4-6-16(14)26(20)19(18)23/h3-9,17,23-25H,1-2H3. The highest BCUT2D eigenvalue weighted by molar-refractivity contribution is 6.17. The van der Waals surface area contributed by atoms with Crippen molar-refractivity contribution in [3.05, 3.63) is 70.9 Å². The van der Waals surface area contributed by atoms with Crippen molar-refractivity contribution in [2.45, 2.75) is 5.92 Å². The Morgan fingerprint density at radius 3 is 2.64 bits per heavy atom. The third kappa shape index (κ3) is 2.00. The largest absolute Gasteiger partial charge is 0.497 e. The Morgan fingerprint density at radius 1 is 1.07 bits per heavy atom. The number of hydrogen-bond acceptors (Lipinski definition) is 6. The summed E-state index contributed by atoms with van der Waals surface area (Å²) in [5, 5.41) is 25.6. The molecule has 3 aliphatic heterocycles. The first kappa shape index (κ1) is 16.3. The van der Waals surface area contributed by atoms with Gasteiger partial charge >= 0.3 is 0 Å². The van der Waals surface area contributed by atoms with Gasteiger partial charge in [-0.25, -0.2) is 0 Å². The van der Waals surface area contributed by atoms with Crippen molar-refractivity contribution in [3.8, 4) is 11.8 Å². The van der Waals surface area contributed by atoms with Gasteiger partial charge in [-0.05, 0) is 23.8 Å². The lowest BCUT2D eigenvalue weighted by Gasteiger charge is -2.38. The van der Waals surface area contributed by atoms with E-state index in [4.69, 9.17) is 14.9 Å². The van der Waals surface area contributed by atoms with E-state index in [2.05, 4.69) is 16.7 Å². The fourth-order valence-electron chi connectivity index (χ4n) is 4.08. The average Bonchev–Trinajstić information content (AvgIpc) is 3.12. The lowest BCUT2D eigenvalue weighted by Crippen LogP contribution is -2.41. The van der Waals surface area contributed by atoms with E-state index in [1.54, 1.807) is 19.1 Å². The molecule has 1 atom stereocenters. The van der Waals surface area contributed by atoms with Gasteiger partial charge < -0.3 is 20.1 Å². The second-order valence-electron chi connectivity index (χ2n) is 6.66. The molecule has 3 N–H and O–H groups in total. The molecule has 2 aromatic rings. The Labute approximate surface area is 162 Å². The van der Waals surface area contributed by atoms with Crippen molar-refractivity contribution in [1.82, 2.24) is 0 Å². The fraction of sp³-hybridized carbons (Fsp3) is 0.143. The summed E-state index contributed by atoms with van der Waals surface area (Å²) in [6.07, 6.45) is 0. The van der Waals surface area contributed by atoms with Crippen LogP contribution >= 0.6 is 0 Å². The van der Waals surface area contributed by atoms with E-state index in [0.717, 1.165) is 22.6 Å². The van der Waals surface area contributed by atoms with E-state index >= 15 is 0 Å². The topological polar surface area (TPSA) is 93.4 Å². The Balaban J connectivity index is 1.79. The molecule has 0 spiro atoms. The van der Waals surface area contributed by atoms with Gasteiger partial charge in [-0.15, -0.1) is 0 Å². The summed E-state index contributed by atoms with van der Waals surface area (Å²) in [7, 11) is 3.17. The number of benzene rings is 2. The lowest BCUT2D eigenvalue weighted by molar-refractivity contribution is 0.291. The van der Waals surface area contributed by atoms with Gasteiger partial charge in [0.05, 0.1) is 48.7 Å². The molecule has 0 aliphatic carbocycles. The summed E-state index contributed by atoms with van der Waals surface area (Å²) in [5.74, 6) is 1.67. The SMILES string of the molecule is COC1=C2C(=N)N3C(=C(C#N)C2c2ccc(OC)cc2N1)Nc1ccccc13. The monoisotopic (exact) mass is 371 g/mol. The maximum atomic E-state index is 10.1. The van der Waals surface area contributed by atoms with E-state index in [1.165, 1.54) is 0 Å². The van der Waals surface area contributed by atoms with E-state index in [9.17, 15) is 5.26 Å². The number of nitrogens with one attached hydrogen (secondary N) is 3. The van der Waals surface area contributed by atoms with Gasteiger partial charge in [0.25, 0.3) is 0 Å². The zero-order valence-electron chi connectivity index (χ0n) is 15.3. The van der Waals surface area contributed by atoms with Gasteiger partial charge in [0.1, 0.15) is 17.4 Å².